The van der Waals surface area contributed by atoms with Crippen LogP contribution in [0, 0.1) is 10.1 Å². The van der Waals surface area contributed by atoms with Crippen molar-refractivity contribution in [1.82, 2.24) is 4.90 Å². The van der Waals surface area contributed by atoms with E-state index in [1.165, 1.54) is 6.07 Å². The van der Waals surface area contributed by atoms with Crippen molar-refractivity contribution < 1.29 is 9.72 Å². The number of nitrogens with one attached hydrogen (secondary N) is 1. The lowest BCUT2D eigenvalue weighted by Gasteiger charge is -2.23. The second-order valence-corrected chi connectivity index (χ2v) is 5.89. The Morgan fingerprint density at radius 2 is 1.78 bits per heavy atom. The van der Waals surface area contributed by atoms with Gasteiger partial charge in [0.05, 0.1) is 4.92 Å². The van der Waals surface area contributed by atoms with Gasteiger partial charge < -0.3 is 16.0 Å². The number of carbonyl (C=O) groups is 1. The number of hydrogen-bond acceptors (Lipinski definition) is 5. The lowest BCUT2D eigenvalue weighted by Crippen LogP contribution is -2.33. The number of amides is 1. The van der Waals surface area contributed by atoms with Crippen molar-refractivity contribution in [2.45, 2.75) is 19.4 Å². The van der Waals surface area contributed by atoms with E-state index in [0.29, 0.717) is 31.9 Å². The zero-order valence-corrected chi connectivity index (χ0v) is 15.9. The largest absolute Gasteiger partial charge is 0.379 e. The van der Waals surface area contributed by atoms with Crippen LogP contribution in [0.4, 0.5) is 11.4 Å². The van der Waals surface area contributed by atoms with Crippen LogP contribution in [-0.2, 0) is 11.3 Å². The van der Waals surface area contributed by atoms with Crippen LogP contribution in [0.15, 0.2) is 54.6 Å². The van der Waals surface area contributed by atoms with Crippen LogP contribution in [0.25, 0.3) is 0 Å². The molecular weight excluding hydrogens is 368 g/mol. The van der Waals surface area contributed by atoms with Gasteiger partial charge in [0.1, 0.15) is 5.69 Å². The molecule has 0 radical (unpaired) electrons. The van der Waals surface area contributed by atoms with Gasteiger partial charge in [0.2, 0.25) is 5.91 Å². The van der Waals surface area contributed by atoms with Crippen LogP contribution < -0.4 is 11.1 Å². The van der Waals surface area contributed by atoms with Crippen molar-refractivity contribution in [1.29, 1.82) is 0 Å². The van der Waals surface area contributed by atoms with E-state index in [4.69, 9.17) is 5.73 Å². The van der Waals surface area contributed by atoms with Crippen LogP contribution in [0.1, 0.15) is 18.4 Å². The summed E-state index contributed by atoms with van der Waals surface area (Å²) < 4.78 is 0. The molecule has 2 aromatic carbocycles. The van der Waals surface area contributed by atoms with Crippen molar-refractivity contribution in [3.63, 3.8) is 0 Å². The van der Waals surface area contributed by atoms with Gasteiger partial charge >= 0.3 is 0 Å². The predicted octanol–water partition coefficient (Wildman–Crippen LogP) is 3.20. The summed E-state index contributed by atoms with van der Waals surface area (Å²) in [6.45, 7) is 1.98. The highest BCUT2D eigenvalue weighted by Crippen LogP contribution is 2.23. The van der Waals surface area contributed by atoms with Crippen molar-refractivity contribution in [2.24, 2.45) is 5.73 Å². The number of nitrogens with two attached hydrogens (primary N) is 1. The van der Waals surface area contributed by atoms with Gasteiger partial charge in [-0.3, -0.25) is 14.9 Å². The lowest BCUT2D eigenvalue weighted by molar-refractivity contribution is -0.384. The van der Waals surface area contributed by atoms with Gasteiger partial charge in [0.25, 0.3) is 5.69 Å². The average molecular weight is 393 g/mol. The molecule has 0 bridgehead atoms. The molecule has 0 heterocycles. The third kappa shape index (κ3) is 7.24. The number of nitro benzene ring substituents is 1. The van der Waals surface area contributed by atoms with E-state index >= 15 is 0 Å². The summed E-state index contributed by atoms with van der Waals surface area (Å²) in [6.07, 6.45) is 0.986. The normalized spacial score (nSPS) is 9.96. The fourth-order valence-corrected chi connectivity index (χ4v) is 2.62. The molecule has 0 unspecified atom stereocenters. The van der Waals surface area contributed by atoms with E-state index in [2.05, 4.69) is 5.32 Å². The number of nitrogens with zero attached hydrogens (tertiary/aromatic N) is 2. The van der Waals surface area contributed by atoms with Crippen LogP contribution in [0.5, 0.6) is 0 Å². The Morgan fingerprint density at radius 3 is 2.44 bits per heavy atom. The van der Waals surface area contributed by atoms with E-state index < -0.39 is 4.92 Å². The summed E-state index contributed by atoms with van der Waals surface area (Å²) in [4.78, 5) is 24.9. The Kier molecular flexibility index (Phi) is 9.85. The molecule has 0 saturated heterocycles. The maximum absolute atomic E-state index is 12.6. The molecule has 0 spiro atoms. The van der Waals surface area contributed by atoms with Gasteiger partial charge in [-0.25, -0.2) is 0 Å². The van der Waals surface area contributed by atoms with Crippen LogP contribution >= 0.6 is 12.4 Å². The Hall–Kier alpha value is -2.64. The van der Waals surface area contributed by atoms with Crippen LogP contribution in [0.2, 0.25) is 0 Å². The number of halogens is 1. The summed E-state index contributed by atoms with van der Waals surface area (Å²) in [5.74, 6) is -0.00612. The molecule has 146 valence electrons. The Labute approximate surface area is 165 Å². The van der Waals surface area contributed by atoms with E-state index in [9.17, 15) is 14.9 Å². The number of nitro groups is 1. The molecule has 2 rings (SSSR count). The van der Waals surface area contributed by atoms with Crippen molar-refractivity contribution in [2.75, 3.05) is 25.0 Å². The molecule has 2 aromatic rings. The zero-order valence-electron chi connectivity index (χ0n) is 15.0. The van der Waals surface area contributed by atoms with Gasteiger partial charge in [-0.05, 0) is 24.6 Å². The first-order valence-electron chi connectivity index (χ1n) is 8.61. The summed E-state index contributed by atoms with van der Waals surface area (Å²) in [6, 6.07) is 16.2. The predicted molar refractivity (Wildman–Crippen MR) is 109 cm³/mol. The SMILES string of the molecule is Cl.NCCCN(Cc1ccccc1)C(=O)CCNc1ccccc1[N+](=O)[O-]. The summed E-state index contributed by atoms with van der Waals surface area (Å²) in [5, 5.41) is 14.0. The molecule has 0 atom stereocenters. The first-order chi connectivity index (χ1) is 12.6. The molecule has 27 heavy (non-hydrogen) atoms. The highest BCUT2D eigenvalue weighted by molar-refractivity contribution is 5.85. The number of hydrogen-bond donors (Lipinski definition) is 2. The molecule has 7 nitrogen and oxygen atoms in total. The van der Waals surface area contributed by atoms with E-state index in [1.807, 2.05) is 30.3 Å². The van der Waals surface area contributed by atoms with Crippen molar-refractivity contribution in [3.05, 3.63) is 70.3 Å². The minimum absolute atomic E-state index is 0. The van der Waals surface area contributed by atoms with E-state index in [1.54, 1.807) is 23.1 Å². The maximum atomic E-state index is 12.6. The second kappa shape index (κ2) is 11.9. The second-order valence-electron chi connectivity index (χ2n) is 5.89. The molecule has 3 N–H and O–H groups in total. The number of rotatable bonds is 10. The first kappa shape index (κ1) is 22.4. The number of carbonyl (C=O) groups excluding carboxylic acids is 1. The summed E-state index contributed by atoms with van der Waals surface area (Å²) in [5.41, 5.74) is 7.06. The molecule has 0 saturated carbocycles. The van der Waals surface area contributed by atoms with E-state index in [0.717, 1.165) is 12.0 Å². The summed E-state index contributed by atoms with van der Waals surface area (Å²) in [7, 11) is 0. The monoisotopic (exact) mass is 392 g/mol. The molecule has 0 aliphatic carbocycles. The molecule has 0 aromatic heterocycles. The third-order valence-corrected chi connectivity index (χ3v) is 3.96. The van der Waals surface area contributed by atoms with Gasteiger partial charge in [-0.15, -0.1) is 12.4 Å². The highest BCUT2D eigenvalue weighted by atomic mass is 35.5. The average Bonchev–Trinajstić information content (AvgIpc) is 2.66. The van der Waals surface area contributed by atoms with Crippen LogP contribution in [-0.4, -0.2) is 35.4 Å². The van der Waals surface area contributed by atoms with E-state index in [-0.39, 0.29) is 30.4 Å². The molecular formula is C19H25ClN4O3. The maximum Gasteiger partial charge on any atom is 0.292 e. The van der Waals surface area contributed by atoms with Gasteiger partial charge in [-0.2, -0.15) is 0 Å². The Morgan fingerprint density at radius 1 is 1.11 bits per heavy atom. The fourth-order valence-electron chi connectivity index (χ4n) is 2.62. The number of para-hydroxylation sites is 2. The first-order valence-corrected chi connectivity index (χ1v) is 8.61. The van der Waals surface area contributed by atoms with Crippen molar-refractivity contribution in [3.8, 4) is 0 Å². The molecule has 0 aliphatic heterocycles. The minimum atomic E-state index is -0.437. The smallest absolute Gasteiger partial charge is 0.292 e. The zero-order chi connectivity index (χ0) is 18.8. The topological polar surface area (TPSA) is 102 Å². The van der Waals surface area contributed by atoms with Gasteiger partial charge in [0, 0.05) is 32.1 Å². The molecule has 8 heteroatoms. The van der Waals surface area contributed by atoms with Gasteiger partial charge in [-0.1, -0.05) is 42.5 Å². The molecule has 0 aliphatic rings. The summed E-state index contributed by atoms with van der Waals surface area (Å²) >= 11 is 0. The van der Waals surface area contributed by atoms with Crippen molar-refractivity contribution >= 4 is 29.7 Å². The standard InChI is InChI=1S/C19H24N4O3.ClH/c20-12-6-14-22(15-16-7-2-1-3-8-16)19(24)11-13-21-17-9-4-5-10-18(17)23(25)26;/h1-5,7-10,21H,6,11-15,20H2;1H. The Bertz CT molecular complexity index is 728. The number of anilines is 1. The minimum Gasteiger partial charge on any atom is -0.379 e. The highest BCUT2D eigenvalue weighted by Gasteiger charge is 2.15. The third-order valence-electron chi connectivity index (χ3n) is 3.96. The van der Waals surface area contributed by atoms with Gasteiger partial charge in [0.15, 0.2) is 0 Å². The van der Waals surface area contributed by atoms with Crippen LogP contribution in [0.3, 0.4) is 0 Å². The molecule has 0 fully saturated rings. The number of benzene rings is 2. The quantitative estimate of drug-likeness (QED) is 0.477. The lowest BCUT2D eigenvalue weighted by atomic mass is 10.2. The molecule has 1 amide bonds. The Balaban J connectivity index is 0.00000364. The fraction of sp³-hybridized carbons (Fsp3) is 0.316.